The Balaban J connectivity index is 1.38. The molecule has 1 N–H and O–H groups in total. The van der Waals surface area contributed by atoms with E-state index in [1.54, 1.807) is 7.11 Å². The number of nitrogens with one attached hydrogen (secondary N) is 1. The van der Waals surface area contributed by atoms with E-state index in [1.165, 1.54) is 5.56 Å². The zero-order valence-corrected chi connectivity index (χ0v) is 15.2. The van der Waals surface area contributed by atoms with Crippen molar-refractivity contribution >= 4 is 6.03 Å². The summed E-state index contributed by atoms with van der Waals surface area (Å²) in [5.41, 5.74) is 2.42. The van der Waals surface area contributed by atoms with Gasteiger partial charge in [0.1, 0.15) is 5.75 Å². The number of piperazine rings is 1. The molecule has 2 aromatic rings. The predicted molar refractivity (Wildman–Crippen MR) is 101 cm³/mol. The molecule has 0 unspecified atom stereocenters. The van der Waals surface area contributed by atoms with E-state index in [-0.39, 0.29) is 6.03 Å². The van der Waals surface area contributed by atoms with Gasteiger partial charge in [0.15, 0.2) is 0 Å². The predicted octanol–water partition coefficient (Wildman–Crippen LogP) is 2.16. The van der Waals surface area contributed by atoms with E-state index >= 15 is 0 Å². The maximum Gasteiger partial charge on any atom is 0.317 e. The molecule has 26 heavy (non-hydrogen) atoms. The number of carbonyl (C=O) groups excluding carboxylic acids is 1. The van der Waals surface area contributed by atoms with Crippen molar-refractivity contribution in [3.05, 3.63) is 59.9 Å². The summed E-state index contributed by atoms with van der Waals surface area (Å²) in [6, 6.07) is 12.0. The highest BCUT2D eigenvalue weighted by Crippen LogP contribution is 2.12. The summed E-state index contributed by atoms with van der Waals surface area (Å²) in [4.78, 5) is 20.7. The van der Waals surface area contributed by atoms with Gasteiger partial charge < -0.3 is 15.0 Å². The van der Waals surface area contributed by atoms with Crippen molar-refractivity contribution in [2.24, 2.45) is 0 Å². The fraction of sp³-hybridized carbons (Fsp3) is 0.400. The molecule has 0 spiro atoms. The summed E-state index contributed by atoms with van der Waals surface area (Å²) in [5, 5.41) is 3.02. The number of hydrogen-bond donors (Lipinski definition) is 1. The minimum Gasteiger partial charge on any atom is -0.497 e. The van der Waals surface area contributed by atoms with Crippen LogP contribution in [0.15, 0.2) is 48.8 Å². The van der Waals surface area contributed by atoms with Gasteiger partial charge in [-0.15, -0.1) is 0 Å². The molecule has 1 aliphatic heterocycles. The SMILES string of the molecule is COc1cccc(CCNC(=O)N2CCN(Cc3ccncc3)CC2)c1. The first kappa shape index (κ1) is 18.2. The lowest BCUT2D eigenvalue weighted by molar-refractivity contribution is 0.135. The van der Waals surface area contributed by atoms with Crippen molar-refractivity contribution < 1.29 is 9.53 Å². The summed E-state index contributed by atoms with van der Waals surface area (Å²) in [7, 11) is 1.66. The van der Waals surface area contributed by atoms with E-state index in [0.717, 1.165) is 50.5 Å². The molecule has 0 radical (unpaired) electrons. The number of urea groups is 1. The minimum atomic E-state index is 0.0245. The number of benzene rings is 1. The van der Waals surface area contributed by atoms with E-state index in [0.29, 0.717) is 6.54 Å². The van der Waals surface area contributed by atoms with Gasteiger partial charge in [0, 0.05) is 51.7 Å². The van der Waals surface area contributed by atoms with Gasteiger partial charge in [0.2, 0.25) is 0 Å². The van der Waals surface area contributed by atoms with Crippen molar-refractivity contribution in [1.82, 2.24) is 20.1 Å². The van der Waals surface area contributed by atoms with Crippen molar-refractivity contribution in [1.29, 1.82) is 0 Å². The van der Waals surface area contributed by atoms with Crippen LogP contribution < -0.4 is 10.1 Å². The van der Waals surface area contributed by atoms with Crippen LogP contribution >= 0.6 is 0 Å². The molecule has 138 valence electrons. The van der Waals surface area contributed by atoms with Crippen molar-refractivity contribution in [2.45, 2.75) is 13.0 Å². The first-order valence-electron chi connectivity index (χ1n) is 9.01. The molecule has 1 aliphatic rings. The summed E-state index contributed by atoms with van der Waals surface area (Å²) >= 11 is 0. The van der Waals surface area contributed by atoms with Gasteiger partial charge in [-0.25, -0.2) is 4.79 Å². The van der Waals surface area contributed by atoms with Crippen molar-refractivity contribution in [3.8, 4) is 5.75 Å². The number of aromatic nitrogens is 1. The second-order valence-electron chi connectivity index (χ2n) is 6.45. The van der Waals surface area contributed by atoms with Gasteiger partial charge in [0.05, 0.1) is 7.11 Å². The second kappa shape index (κ2) is 9.20. The molecular weight excluding hydrogens is 328 g/mol. The van der Waals surface area contributed by atoms with Crippen LogP contribution in [0.2, 0.25) is 0 Å². The third kappa shape index (κ3) is 5.20. The number of ether oxygens (including phenoxy) is 1. The Kier molecular flexibility index (Phi) is 6.44. The highest BCUT2D eigenvalue weighted by molar-refractivity contribution is 5.74. The first-order chi connectivity index (χ1) is 12.7. The van der Waals surface area contributed by atoms with E-state index in [1.807, 2.05) is 53.7 Å². The maximum absolute atomic E-state index is 12.3. The lowest BCUT2D eigenvalue weighted by Crippen LogP contribution is -2.51. The monoisotopic (exact) mass is 354 g/mol. The number of nitrogens with zero attached hydrogens (tertiary/aromatic N) is 3. The second-order valence-corrected chi connectivity index (χ2v) is 6.45. The Morgan fingerprint density at radius 3 is 2.62 bits per heavy atom. The van der Waals surface area contributed by atoms with Gasteiger partial charge in [-0.2, -0.15) is 0 Å². The minimum absolute atomic E-state index is 0.0245. The lowest BCUT2D eigenvalue weighted by atomic mass is 10.1. The fourth-order valence-corrected chi connectivity index (χ4v) is 3.11. The number of rotatable bonds is 6. The van der Waals surface area contributed by atoms with Crippen LogP contribution in [0.1, 0.15) is 11.1 Å². The fourth-order valence-electron chi connectivity index (χ4n) is 3.11. The van der Waals surface area contributed by atoms with Crippen LogP contribution in [0.3, 0.4) is 0 Å². The Labute approximate surface area is 154 Å². The zero-order chi connectivity index (χ0) is 18.2. The normalized spacial score (nSPS) is 14.9. The molecule has 6 nitrogen and oxygen atoms in total. The van der Waals surface area contributed by atoms with Crippen LogP contribution in [0.5, 0.6) is 5.75 Å². The molecule has 1 aromatic carbocycles. The number of pyridine rings is 1. The summed E-state index contributed by atoms with van der Waals surface area (Å²) in [6.07, 6.45) is 4.44. The molecule has 3 rings (SSSR count). The van der Waals surface area contributed by atoms with Gasteiger partial charge in [-0.1, -0.05) is 12.1 Å². The van der Waals surface area contributed by atoms with Crippen LogP contribution in [-0.4, -0.2) is 60.6 Å². The Hall–Kier alpha value is -2.60. The van der Waals surface area contributed by atoms with E-state index in [9.17, 15) is 4.79 Å². The maximum atomic E-state index is 12.3. The van der Waals surface area contributed by atoms with Crippen LogP contribution in [0, 0.1) is 0 Å². The molecule has 0 saturated carbocycles. The quantitative estimate of drug-likeness (QED) is 0.864. The lowest BCUT2D eigenvalue weighted by Gasteiger charge is -2.34. The Morgan fingerprint density at radius 1 is 1.12 bits per heavy atom. The van der Waals surface area contributed by atoms with Crippen molar-refractivity contribution in [3.63, 3.8) is 0 Å². The average Bonchev–Trinajstić information content (AvgIpc) is 2.69. The van der Waals surface area contributed by atoms with E-state index < -0.39 is 0 Å². The third-order valence-electron chi connectivity index (χ3n) is 4.64. The molecule has 1 fully saturated rings. The molecule has 2 amide bonds. The molecule has 0 atom stereocenters. The molecular formula is C20H26N4O2. The Morgan fingerprint density at radius 2 is 1.88 bits per heavy atom. The topological polar surface area (TPSA) is 57.7 Å². The van der Waals surface area contributed by atoms with Crippen molar-refractivity contribution in [2.75, 3.05) is 39.8 Å². The largest absolute Gasteiger partial charge is 0.497 e. The summed E-state index contributed by atoms with van der Waals surface area (Å²) < 4.78 is 5.23. The number of carbonyl (C=O) groups is 1. The van der Waals surface area contributed by atoms with Gasteiger partial charge in [0.25, 0.3) is 0 Å². The van der Waals surface area contributed by atoms with Gasteiger partial charge in [-0.3, -0.25) is 9.88 Å². The first-order valence-corrected chi connectivity index (χ1v) is 9.01. The van der Waals surface area contributed by atoms with Crippen LogP contribution in [0.25, 0.3) is 0 Å². The zero-order valence-electron chi connectivity index (χ0n) is 15.2. The van der Waals surface area contributed by atoms with Crippen LogP contribution in [0.4, 0.5) is 4.79 Å². The number of hydrogen-bond acceptors (Lipinski definition) is 4. The molecule has 0 aliphatic carbocycles. The summed E-state index contributed by atoms with van der Waals surface area (Å²) in [6.45, 7) is 4.85. The molecule has 0 bridgehead atoms. The van der Waals surface area contributed by atoms with E-state index in [2.05, 4.69) is 15.2 Å². The van der Waals surface area contributed by atoms with Gasteiger partial charge >= 0.3 is 6.03 Å². The number of amides is 2. The summed E-state index contributed by atoms with van der Waals surface area (Å²) in [5.74, 6) is 0.846. The molecule has 1 aromatic heterocycles. The molecule has 6 heteroatoms. The smallest absolute Gasteiger partial charge is 0.317 e. The molecule has 2 heterocycles. The number of methoxy groups -OCH3 is 1. The average molecular weight is 354 g/mol. The highest BCUT2D eigenvalue weighted by atomic mass is 16.5. The Bertz CT molecular complexity index is 700. The standard InChI is InChI=1S/C20H26N4O2/c1-26-19-4-2-3-17(15-19)7-10-22-20(25)24-13-11-23(12-14-24)16-18-5-8-21-9-6-18/h2-6,8-9,15H,7,10-14,16H2,1H3,(H,22,25). The molecule has 1 saturated heterocycles. The van der Waals surface area contributed by atoms with Gasteiger partial charge in [-0.05, 0) is 41.8 Å². The highest BCUT2D eigenvalue weighted by Gasteiger charge is 2.20. The van der Waals surface area contributed by atoms with E-state index in [4.69, 9.17) is 4.74 Å². The third-order valence-corrected chi connectivity index (χ3v) is 4.64. The van der Waals surface area contributed by atoms with Crippen LogP contribution in [-0.2, 0) is 13.0 Å².